The summed E-state index contributed by atoms with van der Waals surface area (Å²) < 4.78 is 30.3. The Bertz CT molecular complexity index is 722. The second-order valence-corrected chi connectivity index (χ2v) is 9.31. The molecule has 0 atom stereocenters. The third-order valence-electron chi connectivity index (χ3n) is 5.36. The van der Waals surface area contributed by atoms with Gasteiger partial charge >= 0.3 is 0 Å². The third-order valence-corrected chi connectivity index (χ3v) is 6.05. The van der Waals surface area contributed by atoms with Crippen LogP contribution in [0.1, 0.15) is 25.7 Å². The molecule has 1 aliphatic heterocycles. The number of ether oxygens (including phenoxy) is 1. The molecule has 2 fully saturated rings. The van der Waals surface area contributed by atoms with Crippen molar-refractivity contribution in [3.05, 3.63) is 24.3 Å². The Hall–Kier alpha value is -1.64. The largest absolute Gasteiger partial charge is 0.378 e. The van der Waals surface area contributed by atoms with Crippen LogP contribution in [-0.4, -0.2) is 53.4 Å². The first-order valence-corrected chi connectivity index (χ1v) is 11.5. The van der Waals surface area contributed by atoms with Crippen LogP contribution in [0.4, 0.5) is 11.4 Å². The van der Waals surface area contributed by atoms with Crippen LogP contribution in [-0.2, 0) is 19.6 Å². The van der Waals surface area contributed by atoms with Crippen LogP contribution < -0.4 is 14.9 Å². The zero-order valence-corrected chi connectivity index (χ0v) is 16.6. The number of carbonyl (C=O) groups is 1. The van der Waals surface area contributed by atoms with Crippen molar-refractivity contribution in [1.29, 1.82) is 0 Å². The molecule has 0 unspecified atom stereocenters. The number of rotatable bonds is 6. The number of hydrogen-bond donors (Lipinski definition) is 2. The summed E-state index contributed by atoms with van der Waals surface area (Å²) in [5.41, 5.74) is 1.97. The highest BCUT2D eigenvalue weighted by Crippen LogP contribution is 2.29. The zero-order valence-electron chi connectivity index (χ0n) is 15.8. The molecule has 0 spiro atoms. The topological polar surface area (TPSA) is 87.7 Å². The van der Waals surface area contributed by atoms with Crippen molar-refractivity contribution in [2.24, 2.45) is 11.8 Å². The van der Waals surface area contributed by atoms with Gasteiger partial charge in [-0.05, 0) is 55.9 Å². The van der Waals surface area contributed by atoms with Crippen LogP contribution in [0.2, 0.25) is 0 Å². The number of sulfonamides is 1. The Morgan fingerprint density at radius 1 is 1.11 bits per heavy atom. The minimum absolute atomic E-state index is 0.00148. The number of nitrogens with zero attached hydrogens (tertiary/aromatic N) is 1. The first-order valence-electron chi connectivity index (χ1n) is 9.59. The molecular weight excluding hydrogens is 366 g/mol. The number of nitrogens with one attached hydrogen (secondary N) is 2. The normalized spacial score (nSPS) is 23.8. The van der Waals surface area contributed by atoms with E-state index in [1.54, 1.807) is 0 Å². The van der Waals surface area contributed by atoms with Crippen LogP contribution in [0.25, 0.3) is 0 Å². The monoisotopic (exact) mass is 395 g/mol. The molecule has 27 heavy (non-hydrogen) atoms. The third kappa shape index (κ3) is 6.19. The maximum absolute atomic E-state index is 12.5. The molecule has 1 aliphatic carbocycles. The number of hydrogen-bond acceptors (Lipinski definition) is 5. The summed E-state index contributed by atoms with van der Waals surface area (Å²) in [6.45, 7) is 3.75. The standard InChI is InChI=1S/C19H29N3O4S/c1-27(24,25)20-14-15-2-4-16(5-3-15)19(23)21-17-6-8-18(9-7-17)22-10-12-26-13-11-22/h6-9,15-16,20H,2-5,10-14H2,1H3,(H,21,23). The Balaban J connectivity index is 1.45. The van der Waals surface area contributed by atoms with E-state index in [-0.39, 0.29) is 11.8 Å². The molecule has 1 amide bonds. The molecular formula is C19H29N3O4S. The lowest BCUT2D eigenvalue weighted by molar-refractivity contribution is -0.121. The van der Waals surface area contributed by atoms with Gasteiger partial charge in [0, 0.05) is 36.9 Å². The van der Waals surface area contributed by atoms with Crippen molar-refractivity contribution < 1.29 is 17.9 Å². The van der Waals surface area contributed by atoms with Gasteiger partial charge < -0.3 is 15.0 Å². The van der Waals surface area contributed by atoms with Gasteiger partial charge in [-0.1, -0.05) is 0 Å². The van der Waals surface area contributed by atoms with E-state index in [4.69, 9.17) is 4.74 Å². The van der Waals surface area contributed by atoms with E-state index in [9.17, 15) is 13.2 Å². The van der Waals surface area contributed by atoms with E-state index in [0.717, 1.165) is 63.4 Å². The average Bonchev–Trinajstić information content (AvgIpc) is 2.67. The van der Waals surface area contributed by atoms with Crippen LogP contribution in [0.5, 0.6) is 0 Å². The van der Waals surface area contributed by atoms with Crippen LogP contribution in [0.3, 0.4) is 0 Å². The van der Waals surface area contributed by atoms with Gasteiger partial charge in [0.2, 0.25) is 15.9 Å². The number of amides is 1. The Morgan fingerprint density at radius 2 is 1.74 bits per heavy atom. The molecule has 0 aromatic heterocycles. The molecule has 2 N–H and O–H groups in total. The van der Waals surface area contributed by atoms with E-state index in [1.807, 2.05) is 24.3 Å². The Morgan fingerprint density at radius 3 is 2.33 bits per heavy atom. The van der Waals surface area contributed by atoms with Gasteiger partial charge in [0.1, 0.15) is 0 Å². The fraction of sp³-hybridized carbons (Fsp3) is 0.632. The lowest BCUT2D eigenvalue weighted by Crippen LogP contribution is -2.36. The fourth-order valence-corrected chi connectivity index (χ4v) is 4.26. The molecule has 1 saturated carbocycles. The molecule has 7 nitrogen and oxygen atoms in total. The predicted molar refractivity (Wildman–Crippen MR) is 106 cm³/mol. The minimum Gasteiger partial charge on any atom is -0.378 e. The van der Waals surface area contributed by atoms with E-state index < -0.39 is 10.0 Å². The van der Waals surface area contributed by atoms with Crippen LogP contribution >= 0.6 is 0 Å². The van der Waals surface area contributed by atoms with Gasteiger partial charge in [0.05, 0.1) is 19.5 Å². The molecule has 1 aromatic carbocycles. The van der Waals surface area contributed by atoms with Crippen LogP contribution in [0, 0.1) is 11.8 Å². The van der Waals surface area contributed by atoms with Gasteiger partial charge in [0.25, 0.3) is 0 Å². The SMILES string of the molecule is CS(=O)(=O)NCC1CCC(C(=O)Nc2ccc(N3CCOCC3)cc2)CC1. The predicted octanol–water partition coefficient (Wildman–Crippen LogP) is 1.82. The van der Waals surface area contributed by atoms with Gasteiger partial charge in [-0.3, -0.25) is 4.79 Å². The molecule has 0 bridgehead atoms. The smallest absolute Gasteiger partial charge is 0.227 e. The average molecular weight is 396 g/mol. The van der Waals surface area contributed by atoms with E-state index >= 15 is 0 Å². The summed E-state index contributed by atoms with van der Waals surface area (Å²) in [6, 6.07) is 7.97. The fourth-order valence-electron chi connectivity index (χ4n) is 3.72. The Kier molecular flexibility index (Phi) is 6.73. The van der Waals surface area contributed by atoms with Gasteiger partial charge in [-0.15, -0.1) is 0 Å². The molecule has 0 radical (unpaired) electrons. The Labute approximate surface area is 161 Å². The van der Waals surface area contributed by atoms with Crippen molar-refractivity contribution >= 4 is 27.3 Å². The van der Waals surface area contributed by atoms with Crippen molar-refractivity contribution in [1.82, 2.24) is 4.72 Å². The molecule has 8 heteroatoms. The molecule has 3 rings (SSSR count). The van der Waals surface area contributed by atoms with Crippen molar-refractivity contribution in [3.63, 3.8) is 0 Å². The quantitative estimate of drug-likeness (QED) is 0.767. The van der Waals surface area contributed by atoms with Crippen molar-refractivity contribution in [2.75, 3.05) is 49.3 Å². The number of morpholine rings is 1. The first-order chi connectivity index (χ1) is 12.9. The summed E-state index contributed by atoms with van der Waals surface area (Å²) in [5.74, 6) is 0.374. The van der Waals surface area contributed by atoms with Gasteiger partial charge in [-0.25, -0.2) is 13.1 Å². The zero-order chi connectivity index (χ0) is 19.3. The van der Waals surface area contributed by atoms with Gasteiger partial charge in [-0.2, -0.15) is 0 Å². The summed E-state index contributed by atoms with van der Waals surface area (Å²) in [4.78, 5) is 14.8. The van der Waals surface area contributed by atoms with Crippen molar-refractivity contribution in [3.8, 4) is 0 Å². The van der Waals surface area contributed by atoms with E-state index in [2.05, 4.69) is 14.9 Å². The first kappa shape index (κ1) is 20.1. The second-order valence-electron chi connectivity index (χ2n) is 7.47. The second kappa shape index (κ2) is 9.03. The molecule has 2 aliphatic rings. The molecule has 1 heterocycles. The molecule has 1 saturated heterocycles. The minimum atomic E-state index is -3.15. The summed E-state index contributed by atoms with van der Waals surface area (Å²) in [6.07, 6.45) is 4.52. The number of carbonyl (C=O) groups excluding carboxylic acids is 1. The molecule has 1 aromatic rings. The number of anilines is 2. The van der Waals surface area contributed by atoms with E-state index in [1.165, 1.54) is 6.26 Å². The highest BCUT2D eigenvalue weighted by Gasteiger charge is 2.26. The summed E-state index contributed by atoms with van der Waals surface area (Å²) in [7, 11) is -3.15. The maximum Gasteiger partial charge on any atom is 0.227 e. The van der Waals surface area contributed by atoms with E-state index in [0.29, 0.717) is 12.5 Å². The van der Waals surface area contributed by atoms with Crippen LogP contribution in [0.15, 0.2) is 24.3 Å². The maximum atomic E-state index is 12.5. The molecule has 150 valence electrons. The summed E-state index contributed by atoms with van der Waals surface area (Å²) >= 11 is 0. The highest BCUT2D eigenvalue weighted by molar-refractivity contribution is 7.88. The highest BCUT2D eigenvalue weighted by atomic mass is 32.2. The number of benzene rings is 1. The lowest BCUT2D eigenvalue weighted by Gasteiger charge is -2.29. The van der Waals surface area contributed by atoms with Crippen molar-refractivity contribution in [2.45, 2.75) is 25.7 Å². The summed E-state index contributed by atoms with van der Waals surface area (Å²) in [5, 5.41) is 3.02. The van der Waals surface area contributed by atoms with Gasteiger partial charge in [0.15, 0.2) is 0 Å². The lowest BCUT2D eigenvalue weighted by atomic mass is 9.81.